The Hall–Kier alpha value is -2.70. The Morgan fingerprint density at radius 3 is 2.24 bits per heavy atom. The van der Waals surface area contributed by atoms with Gasteiger partial charge in [0.1, 0.15) is 5.70 Å². The van der Waals surface area contributed by atoms with Gasteiger partial charge in [-0.2, -0.15) is 0 Å². The third-order valence-corrected chi connectivity index (χ3v) is 3.09. The number of imide groups is 1. The zero-order valence-electron chi connectivity index (χ0n) is 12.0. The van der Waals surface area contributed by atoms with Crippen molar-refractivity contribution in [1.29, 1.82) is 0 Å². The van der Waals surface area contributed by atoms with Crippen molar-refractivity contribution < 1.29 is 24.2 Å². The summed E-state index contributed by atoms with van der Waals surface area (Å²) in [4.78, 5) is 24.7. The fourth-order valence-electron chi connectivity index (χ4n) is 2.02. The third-order valence-electron chi connectivity index (χ3n) is 3.09. The van der Waals surface area contributed by atoms with Crippen LogP contribution in [-0.2, 0) is 4.79 Å². The average molecular weight is 292 g/mol. The van der Waals surface area contributed by atoms with Gasteiger partial charge in [0.25, 0.3) is 5.91 Å². The Labute approximate surface area is 121 Å². The van der Waals surface area contributed by atoms with Crippen LogP contribution >= 0.6 is 0 Å². The Balaban J connectivity index is 2.42. The fourth-order valence-corrected chi connectivity index (χ4v) is 2.02. The number of methoxy groups -OCH3 is 2. The predicted octanol–water partition coefficient (Wildman–Crippen LogP) is 1.32. The van der Waals surface area contributed by atoms with Crippen LogP contribution in [-0.4, -0.2) is 42.7 Å². The van der Waals surface area contributed by atoms with Crippen LogP contribution in [0.2, 0.25) is 0 Å². The molecule has 7 heteroatoms. The van der Waals surface area contributed by atoms with E-state index < -0.39 is 11.9 Å². The summed E-state index contributed by atoms with van der Waals surface area (Å²) in [5.74, 6) is -0.0942. The zero-order valence-corrected chi connectivity index (χ0v) is 12.0. The van der Waals surface area contributed by atoms with Crippen LogP contribution in [0, 0.1) is 0 Å². The van der Waals surface area contributed by atoms with Crippen molar-refractivity contribution >= 4 is 18.0 Å². The number of hydrogen-bond donors (Lipinski definition) is 2. The molecule has 1 heterocycles. The van der Waals surface area contributed by atoms with Crippen molar-refractivity contribution in [2.45, 2.75) is 6.92 Å². The average Bonchev–Trinajstić information content (AvgIpc) is 2.74. The van der Waals surface area contributed by atoms with Crippen LogP contribution in [0.3, 0.4) is 0 Å². The van der Waals surface area contributed by atoms with E-state index in [2.05, 4.69) is 5.32 Å². The number of nitrogens with zero attached hydrogens (tertiary/aromatic N) is 1. The van der Waals surface area contributed by atoms with Gasteiger partial charge in [0.05, 0.1) is 14.2 Å². The van der Waals surface area contributed by atoms with Crippen LogP contribution in [0.25, 0.3) is 6.08 Å². The van der Waals surface area contributed by atoms with Gasteiger partial charge in [-0.25, -0.2) is 4.79 Å². The topological polar surface area (TPSA) is 88.1 Å². The number of rotatable bonds is 4. The summed E-state index contributed by atoms with van der Waals surface area (Å²) in [5, 5.41) is 12.3. The van der Waals surface area contributed by atoms with E-state index in [1.165, 1.54) is 20.3 Å². The first-order chi connectivity index (χ1) is 10.0. The van der Waals surface area contributed by atoms with Crippen molar-refractivity contribution in [1.82, 2.24) is 10.2 Å². The number of ether oxygens (including phenoxy) is 2. The van der Waals surface area contributed by atoms with E-state index in [1.54, 1.807) is 19.1 Å². The number of carbonyl (C=O) groups is 2. The van der Waals surface area contributed by atoms with Crippen molar-refractivity contribution in [2.24, 2.45) is 0 Å². The second kappa shape index (κ2) is 5.74. The molecule has 0 atom stereocenters. The molecule has 1 aliphatic heterocycles. The molecule has 0 spiro atoms. The van der Waals surface area contributed by atoms with Crippen LogP contribution in [0.15, 0.2) is 17.8 Å². The minimum Gasteiger partial charge on any atom is -0.502 e. The van der Waals surface area contributed by atoms with Crippen molar-refractivity contribution in [3.8, 4) is 17.2 Å². The van der Waals surface area contributed by atoms with E-state index in [-0.39, 0.29) is 22.9 Å². The third kappa shape index (κ3) is 2.62. The molecule has 7 nitrogen and oxygen atoms in total. The highest BCUT2D eigenvalue weighted by Crippen LogP contribution is 2.37. The van der Waals surface area contributed by atoms with Crippen LogP contribution in [0.5, 0.6) is 17.2 Å². The van der Waals surface area contributed by atoms with E-state index in [9.17, 15) is 14.7 Å². The number of nitrogens with one attached hydrogen (secondary N) is 1. The van der Waals surface area contributed by atoms with E-state index in [1.807, 2.05) is 0 Å². The standard InChI is InChI=1S/C14H16N2O5/c1-4-16-13(18)9(15-14(16)19)5-8-6-10(20-2)12(17)11(7-8)21-3/h5-7,17H,4H2,1-3H3,(H,15,19)/b9-5+. The van der Waals surface area contributed by atoms with E-state index in [4.69, 9.17) is 9.47 Å². The number of carbonyl (C=O) groups excluding carboxylic acids is 2. The van der Waals surface area contributed by atoms with E-state index in [0.717, 1.165) is 4.90 Å². The molecule has 1 aromatic rings. The number of hydrogen-bond acceptors (Lipinski definition) is 5. The minimum atomic E-state index is -0.452. The molecule has 0 saturated carbocycles. The summed E-state index contributed by atoms with van der Waals surface area (Å²) in [6.45, 7) is 2.01. The van der Waals surface area contributed by atoms with E-state index in [0.29, 0.717) is 12.1 Å². The van der Waals surface area contributed by atoms with Crippen LogP contribution in [0.1, 0.15) is 12.5 Å². The van der Waals surface area contributed by atoms with Crippen molar-refractivity contribution in [3.05, 3.63) is 23.4 Å². The zero-order chi connectivity index (χ0) is 15.6. The normalized spacial score (nSPS) is 16.3. The molecule has 0 radical (unpaired) electrons. The van der Waals surface area contributed by atoms with Crippen molar-refractivity contribution in [3.63, 3.8) is 0 Å². The van der Waals surface area contributed by atoms with Crippen molar-refractivity contribution in [2.75, 3.05) is 20.8 Å². The van der Waals surface area contributed by atoms with Crippen LogP contribution < -0.4 is 14.8 Å². The fraction of sp³-hybridized carbons (Fsp3) is 0.286. The number of urea groups is 1. The molecule has 2 rings (SSSR count). The van der Waals surface area contributed by atoms with Gasteiger partial charge in [0, 0.05) is 6.54 Å². The Kier molecular flexibility index (Phi) is 4.02. The highest BCUT2D eigenvalue weighted by molar-refractivity contribution is 6.13. The second-order valence-electron chi connectivity index (χ2n) is 4.31. The van der Waals surface area contributed by atoms with Gasteiger partial charge in [-0.05, 0) is 30.7 Å². The van der Waals surface area contributed by atoms with Gasteiger partial charge >= 0.3 is 6.03 Å². The van der Waals surface area contributed by atoms with Gasteiger partial charge in [0.15, 0.2) is 11.5 Å². The molecule has 1 fully saturated rings. The Morgan fingerprint density at radius 2 is 1.81 bits per heavy atom. The molecule has 112 valence electrons. The highest BCUT2D eigenvalue weighted by Gasteiger charge is 2.32. The molecule has 1 saturated heterocycles. The number of phenolic OH excluding ortho intramolecular Hbond substituents is 1. The predicted molar refractivity (Wildman–Crippen MR) is 75.1 cm³/mol. The monoisotopic (exact) mass is 292 g/mol. The lowest BCUT2D eigenvalue weighted by Gasteiger charge is -2.09. The smallest absolute Gasteiger partial charge is 0.328 e. The molecular formula is C14H16N2O5. The molecule has 2 N–H and O–H groups in total. The maximum atomic E-state index is 12.0. The molecule has 3 amide bonds. The Bertz CT molecular complexity index is 599. The second-order valence-corrected chi connectivity index (χ2v) is 4.31. The summed E-state index contributed by atoms with van der Waals surface area (Å²) < 4.78 is 10.1. The van der Waals surface area contributed by atoms with Gasteiger partial charge in [-0.15, -0.1) is 0 Å². The maximum Gasteiger partial charge on any atom is 0.328 e. The number of phenols is 1. The highest BCUT2D eigenvalue weighted by atomic mass is 16.5. The molecule has 0 unspecified atom stereocenters. The molecule has 1 aromatic carbocycles. The summed E-state index contributed by atoms with van der Waals surface area (Å²) in [7, 11) is 2.82. The van der Waals surface area contributed by atoms with E-state index >= 15 is 0 Å². The Morgan fingerprint density at radius 1 is 1.24 bits per heavy atom. The number of amides is 3. The van der Waals surface area contributed by atoms with Gasteiger partial charge in [-0.1, -0.05) is 0 Å². The molecular weight excluding hydrogens is 276 g/mol. The number of benzene rings is 1. The lowest BCUT2D eigenvalue weighted by molar-refractivity contribution is -0.122. The lowest BCUT2D eigenvalue weighted by Crippen LogP contribution is -2.30. The lowest BCUT2D eigenvalue weighted by atomic mass is 10.1. The minimum absolute atomic E-state index is 0.126. The maximum absolute atomic E-state index is 12.0. The van der Waals surface area contributed by atoms with Gasteiger partial charge in [0.2, 0.25) is 5.75 Å². The summed E-state index contributed by atoms with van der Waals surface area (Å²) in [5.41, 5.74) is 0.722. The van der Waals surface area contributed by atoms with Crippen LogP contribution in [0.4, 0.5) is 4.79 Å². The largest absolute Gasteiger partial charge is 0.502 e. The molecule has 0 aromatic heterocycles. The van der Waals surface area contributed by atoms with Gasteiger partial charge in [-0.3, -0.25) is 9.69 Å². The number of aromatic hydroxyl groups is 1. The molecule has 0 aliphatic carbocycles. The first kappa shape index (κ1) is 14.7. The molecule has 21 heavy (non-hydrogen) atoms. The first-order valence-electron chi connectivity index (χ1n) is 6.31. The molecule has 1 aliphatic rings. The SMILES string of the molecule is CCN1C(=O)N/C(=C/c2cc(OC)c(O)c(OC)c2)C1=O. The quantitative estimate of drug-likeness (QED) is 0.645. The number of likely N-dealkylation sites (N-methyl/N-ethyl adjacent to an activating group) is 1. The summed E-state index contributed by atoms with van der Waals surface area (Å²) >= 11 is 0. The van der Waals surface area contributed by atoms with Gasteiger partial charge < -0.3 is 19.9 Å². The first-order valence-corrected chi connectivity index (χ1v) is 6.31. The summed E-state index contributed by atoms with van der Waals surface area (Å²) in [6.07, 6.45) is 1.50. The molecule has 0 bridgehead atoms. The summed E-state index contributed by atoms with van der Waals surface area (Å²) in [6, 6.07) is 2.63.